The third-order valence-corrected chi connectivity index (χ3v) is 4.87. The second-order valence-corrected chi connectivity index (χ2v) is 6.96. The first-order valence-corrected chi connectivity index (χ1v) is 8.82. The largest absolute Gasteiger partial charge is 0.465 e. The molecule has 0 aromatic heterocycles. The normalized spacial score (nSPS) is 17.1. The summed E-state index contributed by atoms with van der Waals surface area (Å²) in [4.78, 5) is 21.8. The molecule has 0 N–H and O–H groups in total. The fraction of sp³-hybridized carbons (Fsp3) is 0.765. The molecule has 134 valence electrons. The zero-order valence-electron chi connectivity index (χ0n) is 14.7. The van der Waals surface area contributed by atoms with Gasteiger partial charge in [0.1, 0.15) is 9.75 Å². The van der Waals surface area contributed by atoms with Crippen LogP contribution in [0.3, 0.4) is 0 Å². The zero-order valence-corrected chi connectivity index (χ0v) is 16.2. The number of alkyl halides is 2. The maximum atomic E-state index is 12.0. The number of carbonyl (C=O) groups is 2. The van der Waals surface area contributed by atoms with Gasteiger partial charge in [0.05, 0.1) is 13.2 Å². The third-order valence-electron chi connectivity index (χ3n) is 3.74. The Morgan fingerprint density at radius 1 is 0.913 bits per heavy atom. The van der Waals surface area contributed by atoms with E-state index in [0.717, 1.165) is 5.57 Å². The van der Waals surface area contributed by atoms with Crippen molar-refractivity contribution in [2.24, 2.45) is 0 Å². The van der Waals surface area contributed by atoms with Crippen molar-refractivity contribution in [3.63, 3.8) is 0 Å². The molecule has 0 aliphatic heterocycles. The third kappa shape index (κ3) is 6.72. The van der Waals surface area contributed by atoms with Crippen LogP contribution < -0.4 is 0 Å². The summed E-state index contributed by atoms with van der Waals surface area (Å²) in [5.41, 5.74) is 0.887. The lowest BCUT2D eigenvalue weighted by atomic mass is 9.93. The van der Waals surface area contributed by atoms with E-state index >= 15 is 0 Å². The average Bonchev–Trinajstić information content (AvgIpc) is 2.52. The molecule has 0 aromatic rings. The van der Waals surface area contributed by atoms with Gasteiger partial charge < -0.3 is 9.47 Å². The molecule has 6 heteroatoms. The molecular formula is C17H28Cl2O4. The Labute approximate surface area is 149 Å². The fourth-order valence-electron chi connectivity index (χ4n) is 2.08. The summed E-state index contributed by atoms with van der Waals surface area (Å²) < 4.78 is 10.1. The Morgan fingerprint density at radius 2 is 1.35 bits per heavy atom. The molecular weight excluding hydrogens is 339 g/mol. The molecule has 2 unspecified atom stereocenters. The molecule has 0 aromatic carbocycles. The van der Waals surface area contributed by atoms with E-state index in [9.17, 15) is 9.59 Å². The average molecular weight is 367 g/mol. The molecule has 0 fully saturated rings. The highest BCUT2D eigenvalue weighted by molar-refractivity contribution is 6.34. The van der Waals surface area contributed by atoms with Crippen LogP contribution in [0.15, 0.2) is 11.6 Å². The van der Waals surface area contributed by atoms with E-state index in [1.807, 2.05) is 26.8 Å². The van der Waals surface area contributed by atoms with E-state index in [1.54, 1.807) is 13.8 Å². The van der Waals surface area contributed by atoms with Crippen molar-refractivity contribution >= 4 is 35.1 Å². The van der Waals surface area contributed by atoms with Crippen LogP contribution in [0.1, 0.15) is 60.3 Å². The van der Waals surface area contributed by atoms with Gasteiger partial charge in [-0.2, -0.15) is 0 Å². The second kappa shape index (κ2) is 10.2. The van der Waals surface area contributed by atoms with Crippen molar-refractivity contribution in [1.29, 1.82) is 0 Å². The van der Waals surface area contributed by atoms with Gasteiger partial charge in [-0.05, 0) is 46.5 Å². The highest BCUT2D eigenvalue weighted by Crippen LogP contribution is 2.32. The van der Waals surface area contributed by atoms with Gasteiger partial charge in [0.15, 0.2) is 0 Å². The molecule has 2 atom stereocenters. The number of ether oxygens (including phenoxy) is 2. The van der Waals surface area contributed by atoms with Crippen molar-refractivity contribution in [2.75, 3.05) is 13.2 Å². The minimum atomic E-state index is -1.08. The minimum absolute atomic E-state index is 0.291. The number of rotatable bonds is 10. The molecule has 0 heterocycles. The Morgan fingerprint density at radius 3 is 1.74 bits per heavy atom. The Kier molecular flexibility index (Phi) is 9.86. The fourth-order valence-corrected chi connectivity index (χ4v) is 2.48. The van der Waals surface area contributed by atoms with E-state index in [4.69, 9.17) is 32.7 Å². The Hall–Kier alpha value is -0.740. The van der Waals surface area contributed by atoms with Crippen LogP contribution in [-0.2, 0) is 19.1 Å². The summed E-state index contributed by atoms with van der Waals surface area (Å²) in [6.07, 6.45) is 3.43. The van der Waals surface area contributed by atoms with Crippen molar-refractivity contribution in [2.45, 2.75) is 70.1 Å². The highest BCUT2D eigenvalue weighted by Gasteiger charge is 2.37. The van der Waals surface area contributed by atoms with Crippen LogP contribution in [-0.4, -0.2) is 34.9 Å². The van der Waals surface area contributed by atoms with Gasteiger partial charge in [0.2, 0.25) is 0 Å². The quantitative estimate of drug-likeness (QED) is 0.321. The van der Waals surface area contributed by atoms with Crippen LogP contribution in [0.4, 0.5) is 0 Å². The minimum Gasteiger partial charge on any atom is -0.465 e. The number of hydrogen-bond donors (Lipinski definition) is 0. The van der Waals surface area contributed by atoms with Crippen molar-refractivity contribution in [1.82, 2.24) is 0 Å². The van der Waals surface area contributed by atoms with E-state index in [0.29, 0.717) is 38.9 Å². The first-order chi connectivity index (χ1) is 10.7. The van der Waals surface area contributed by atoms with Crippen LogP contribution in [0, 0.1) is 0 Å². The van der Waals surface area contributed by atoms with Gasteiger partial charge in [-0.3, -0.25) is 9.59 Å². The molecule has 23 heavy (non-hydrogen) atoms. The highest BCUT2D eigenvalue weighted by atomic mass is 35.5. The number of esters is 2. The smallest absolute Gasteiger partial charge is 0.327 e. The van der Waals surface area contributed by atoms with Crippen molar-refractivity contribution < 1.29 is 19.1 Å². The molecule has 0 aliphatic carbocycles. The SMILES string of the molecule is CCOC(=O)C(Cl)(CC)CC=C(C)CC(Cl)(CC)C(=O)OCC. The summed E-state index contributed by atoms with van der Waals surface area (Å²) in [5.74, 6) is -0.846. The molecule has 4 nitrogen and oxygen atoms in total. The van der Waals surface area contributed by atoms with Gasteiger partial charge in [0.25, 0.3) is 0 Å². The molecule has 0 saturated carbocycles. The number of carbonyl (C=O) groups excluding carboxylic acids is 2. The molecule has 0 saturated heterocycles. The molecule has 0 rings (SSSR count). The van der Waals surface area contributed by atoms with Crippen LogP contribution in [0.2, 0.25) is 0 Å². The summed E-state index contributed by atoms with van der Waals surface area (Å²) in [6.45, 7) is 9.62. The maximum absolute atomic E-state index is 12.0. The zero-order chi connectivity index (χ0) is 18.1. The molecule has 0 bridgehead atoms. The predicted molar refractivity (Wildman–Crippen MR) is 94.0 cm³/mol. The van der Waals surface area contributed by atoms with E-state index in [2.05, 4.69) is 0 Å². The van der Waals surface area contributed by atoms with Gasteiger partial charge in [-0.25, -0.2) is 0 Å². The molecule has 0 aliphatic rings. The van der Waals surface area contributed by atoms with Crippen LogP contribution >= 0.6 is 23.2 Å². The van der Waals surface area contributed by atoms with E-state index in [1.165, 1.54) is 0 Å². The number of hydrogen-bond acceptors (Lipinski definition) is 4. The van der Waals surface area contributed by atoms with Crippen LogP contribution in [0.25, 0.3) is 0 Å². The number of allylic oxidation sites excluding steroid dienone is 2. The predicted octanol–water partition coefficient (Wildman–Crippen LogP) is 4.61. The molecule has 0 amide bonds. The maximum Gasteiger partial charge on any atom is 0.327 e. The molecule has 0 radical (unpaired) electrons. The van der Waals surface area contributed by atoms with Gasteiger partial charge in [0, 0.05) is 0 Å². The van der Waals surface area contributed by atoms with Gasteiger partial charge in [-0.15, -0.1) is 23.2 Å². The lowest BCUT2D eigenvalue weighted by Crippen LogP contribution is -2.35. The first kappa shape index (κ1) is 22.3. The van der Waals surface area contributed by atoms with Gasteiger partial charge in [-0.1, -0.05) is 25.5 Å². The summed E-state index contributed by atoms with van der Waals surface area (Å²) in [6, 6.07) is 0. The monoisotopic (exact) mass is 366 g/mol. The van der Waals surface area contributed by atoms with E-state index in [-0.39, 0.29) is 0 Å². The summed E-state index contributed by atoms with van der Waals surface area (Å²) >= 11 is 12.8. The van der Waals surface area contributed by atoms with Crippen molar-refractivity contribution in [3.8, 4) is 0 Å². The molecule has 0 spiro atoms. The van der Waals surface area contributed by atoms with Crippen LogP contribution in [0.5, 0.6) is 0 Å². The van der Waals surface area contributed by atoms with Gasteiger partial charge >= 0.3 is 11.9 Å². The topological polar surface area (TPSA) is 52.6 Å². The standard InChI is InChI=1S/C17H28Cl2O4/c1-6-16(18,14(20)22-8-3)11-10-13(5)12-17(19,7-2)15(21)23-9-4/h10H,6-9,11-12H2,1-5H3. The van der Waals surface area contributed by atoms with Crippen molar-refractivity contribution in [3.05, 3.63) is 11.6 Å². The van der Waals surface area contributed by atoms with E-state index < -0.39 is 21.7 Å². The number of halogens is 2. The summed E-state index contributed by atoms with van der Waals surface area (Å²) in [7, 11) is 0. The second-order valence-electron chi connectivity index (χ2n) is 5.51. The Bertz CT molecular complexity index is 436. The lowest BCUT2D eigenvalue weighted by molar-refractivity contribution is -0.147. The Balaban J connectivity index is 5.00. The lowest BCUT2D eigenvalue weighted by Gasteiger charge is -2.25. The first-order valence-electron chi connectivity index (χ1n) is 8.06. The summed E-state index contributed by atoms with van der Waals surface area (Å²) in [5, 5.41) is 0.